The Balaban J connectivity index is 1.57. The number of methoxy groups -OCH3 is 1. The highest BCUT2D eigenvalue weighted by molar-refractivity contribution is 5.94. The summed E-state index contributed by atoms with van der Waals surface area (Å²) in [6, 6.07) is 11.4. The molecule has 0 radical (unpaired) electrons. The number of fused-ring (bicyclic) bond motifs is 1. The average molecular weight is 334 g/mol. The molecule has 0 unspecified atom stereocenters. The highest BCUT2D eigenvalue weighted by atomic mass is 16.5. The van der Waals surface area contributed by atoms with E-state index in [2.05, 4.69) is 14.5 Å². The first-order chi connectivity index (χ1) is 12.3. The molecule has 1 amide bonds. The number of ether oxygens (including phenoxy) is 1. The Bertz CT molecular complexity index is 888. The van der Waals surface area contributed by atoms with Gasteiger partial charge in [0, 0.05) is 36.6 Å². The van der Waals surface area contributed by atoms with Crippen LogP contribution in [0.4, 0.5) is 0 Å². The normalized spacial score (nSPS) is 13.4. The van der Waals surface area contributed by atoms with Gasteiger partial charge in [-0.3, -0.25) is 9.78 Å². The van der Waals surface area contributed by atoms with Crippen LogP contribution in [0.3, 0.4) is 0 Å². The molecule has 6 nitrogen and oxygen atoms in total. The number of hydrogen-bond acceptors (Lipinski definition) is 4. The number of pyridine rings is 1. The van der Waals surface area contributed by atoms with Gasteiger partial charge in [0.1, 0.15) is 11.6 Å². The van der Waals surface area contributed by atoms with Crippen molar-refractivity contribution in [3.05, 3.63) is 66.4 Å². The predicted octanol–water partition coefficient (Wildman–Crippen LogP) is 2.61. The Morgan fingerprint density at radius 1 is 1.08 bits per heavy atom. The number of hydrogen-bond donors (Lipinski definition) is 0. The van der Waals surface area contributed by atoms with E-state index in [9.17, 15) is 4.79 Å². The van der Waals surface area contributed by atoms with Gasteiger partial charge in [-0.25, -0.2) is 4.98 Å². The molecule has 1 aromatic carbocycles. The highest BCUT2D eigenvalue weighted by Gasteiger charge is 2.24. The first kappa shape index (κ1) is 15.4. The van der Waals surface area contributed by atoms with Gasteiger partial charge in [-0.2, -0.15) is 0 Å². The molecule has 0 atom stereocenters. The van der Waals surface area contributed by atoms with Gasteiger partial charge in [0.2, 0.25) is 0 Å². The lowest BCUT2D eigenvalue weighted by molar-refractivity contribution is 0.0708. The molecular formula is C19H18N4O2. The van der Waals surface area contributed by atoms with Crippen molar-refractivity contribution in [1.82, 2.24) is 19.4 Å². The number of imidazole rings is 1. The van der Waals surface area contributed by atoms with E-state index in [1.54, 1.807) is 31.6 Å². The lowest BCUT2D eigenvalue weighted by Gasteiger charge is -2.28. The summed E-state index contributed by atoms with van der Waals surface area (Å²) in [6.45, 7) is 1.90. The third-order valence-corrected chi connectivity index (χ3v) is 4.46. The third-order valence-electron chi connectivity index (χ3n) is 4.46. The van der Waals surface area contributed by atoms with Gasteiger partial charge in [-0.05, 0) is 36.4 Å². The molecule has 0 saturated heterocycles. The Morgan fingerprint density at radius 3 is 2.56 bits per heavy atom. The fourth-order valence-corrected chi connectivity index (χ4v) is 3.10. The maximum Gasteiger partial charge on any atom is 0.254 e. The van der Waals surface area contributed by atoms with E-state index < -0.39 is 0 Å². The molecule has 25 heavy (non-hydrogen) atoms. The summed E-state index contributed by atoms with van der Waals surface area (Å²) in [5.41, 5.74) is 2.81. The molecule has 0 bridgehead atoms. The van der Waals surface area contributed by atoms with Crippen LogP contribution in [0.5, 0.6) is 5.75 Å². The minimum Gasteiger partial charge on any atom is -0.497 e. The molecule has 1 aliphatic heterocycles. The summed E-state index contributed by atoms with van der Waals surface area (Å²) >= 11 is 0. The molecule has 1 aliphatic rings. The molecule has 0 N–H and O–H groups in total. The minimum atomic E-state index is 0.0163. The fourth-order valence-electron chi connectivity index (χ4n) is 3.10. The number of carbonyl (C=O) groups excluding carboxylic acids is 1. The Kier molecular flexibility index (Phi) is 3.93. The van der Waals surface area contributed by atoms with Crippen molar-refractivity contribution in [1.29, 1.82) is 0 Å². The zero-order valence-corrected chi connectivity index (χ0v) is 13.9. The van der Waals surface area contributed by atoms with Crippen LogP contribution in [0.2, 0.25) is 0 Å². The molecule has 3 aromatic rings. The van der Waals surface area contributed by atoms with Gasteiger partial charge >= 0.3 is 0 Å². The second kappa shape index (κ2) is 6.39. The third kappa shape index (κ3) is 2.87. The van der Waals surface area contributed by atoms with Gasteiger partial charge in [-0.15, -0.1) is 0 Å². The van der Waals surface area contributed by atoms with Crippen molar-refractivity contribution in [2.24, 2.45) is 0 Å². The molecular weight excluding hydrogens is 316 g/mol. The minimum absolute atomic E-state index is 0.0163. The summed E-state index contributed by atoms with van der Waals surface area (Å²) < 4.78 is 7.39. The summed E-state index contributed by atoms with van der Waals surface area (Å²) in [5, 5.41) is 0. The molecule has 126 valence electrons. The highest BCUT2D eigenvalue weighted by Crippen LogP contribution is 2.26. The number of rotatable bonds is 3. The zero-order valence-electron chi connectivity index (χ0n) is 13.9. The number of amides is 1. The van der Waals surface area contributed by atoms with Crippen LogP contribution < -0.4 is 4.74 Å². The zero-order chi connectivity index (χ0) is 17.2. The number of aromatic nitrogens is 3. The predicted molar refractivity (Wildman–Crippen MR) is 93.2 cm³/mol. The van der Waals surface area contributed by atoms with Crippen molar-refractivity contribution < 1.29 is 9.53 Å². The quantitative estimate of drug-likeness (QED) is 0.739. The van der Waals surface area contributed by atoms with Crippen molar-refractivity contribution in [2.75, 3.05) is 13.7 Å². The van der Waals surface area contributed by atoms with Crippen LogP contribution >= 0.6 is 0 Å². The van der Waals surface area contributed by atoms with Gasteiger partial charge in [0.25, 0.3) is 5.91 Å². The van der Waals surface area contributed by atoms with Crippen molar-refractivity contribution >= 4 is 5.91 Å². The van der Waals surface area contributed by atoms with E-state index in [1.165, 1.54) is 0 Å². The SMILES string of the molecule is COc1ccc(-c2cnc3n2CCN(C(=O)c2ccncc2)C3)cc1. The van der Waals surface area contributed by atoms with Crippen LogP contribution in [-0.4, -0.2) is 39.0 Å². The molecule has 2 aromatic heterocycles. The van der Waals surface area contributed by atoms with E-state index in [4.69, 9.17) is 4.74 Å². The molecule has 0 aliphatic carbocycles. The molecule has 4 rings (SSSR count). The number of nitrogens with zero attached hydrogens (tertiary/aromatic N) is 4. The van der Waals surface area contributed by atoms with Crippen LogP contribution in [0.25, 0.3) is 11.3 Å². The molecule has 6 heteroatoms. The second-order valence-corrected chi connectivity index (χ2v) is 5.90. The van der Waals surface area contributed by atoms with Gasteiger partial charge in [0.05, 0.1) is 25.5 Å². The Morgan fingerprint density at radius 2 is 1.84 bits per heavy atom. The summed E-state index contributed by atoms with van der Waals surface area (Å²) in [6.07, 6.45) is 5.15. The lowest BCUT2D eigenvalue weighted by atomic mass is 10.1. The molecule has 0 saturated carbocycles. The maximum absolute atomic E-state index is 12.6. The molecule has 0 spiro atoms. The van der Waals surface area contributed by atoms with Crippen molar-refractivity contribution in [3.8, 4) is 17.0 Å². The van der Waals surface area contributed by atoms with Crippen molar-refractivity contribution in [2.45, 2.75) is 13.1 Å². The maximum atomic E-state index is 12.6. The van der Waals surface area contributed by atoms with Gasteiger partial charge in [-0.1, -0.05) is 0 Å². The van der Waals surface area contributed by atoms with E-state index in [0.717, 1.165) is 29.4 Å². The largest absolute Gasteiger partial charge is 0.497 e. The van der Waals surface area contributed by atoms with E-state index in [0.29, 0.717) is 18.7 Å². The average Bonchev–Trinajstić information content (AvgIpc) is 3.11. The van der Waals surface area contributed by atoms with Crippen LogP contribution in [0.15, 0.2) is 55.0 Å². The van der Waals surface area contributed by atoms with Crippen LogP contribution in [0, 0.1) is 0 Å². The fraction of sp³-hybridized carbons (Fsp3) is 0.211. The topological polar surface area (TPSA) is 60.2 Å². The van der Waals surface area contributed by atoms with Crippen LogP contribution in [-0.2, 0) is 13.1 Å². The number of benzene rings is 1. The Labute approximate surface area is 145 Å². The lowest BCUT2D eigenvalue weighted by Crippen LogP contribution is -2.38. The van der Waals surface area contributed by atoms with E-state index in [1.807, 2.05) is 35.4 Å². The van der Waals surface area contributed by atoms with Gasteiger partial charge < -0.3 is 14.2 Å². The smallest absolute Gasteiger partial charge is 0.254 e. The van der Waals surface area contributed by atoms with Gasteiger partial charge in [0.15, 0.2) is 0 Å². The van der Waals surface area contributed by atoms with Crippen molar-refractivity contribution in [3.63, 3.8) is 0 Å². The first-order valence-electron chi connectivity index (χ1n) is 8.14. The standard InChI is InChI=1S/C19H18N4O2/c1-25-16-4-2-14(3-5-16)17-12-21-18-13-22(10-11-23(17)18)19(24)15-6-8-20-9-7-15/h2-9,12H,10-11,13H2,1H3. The van der Waals surface area contributed by atoms with E-state index >= 15 is 0 Å². The Hall–Kier alpha value is -3.15. The monoisotopic (exact) mass is 334 g/mol. The number of carbonyl (C=O) groups is 1. The summed E-state index contributed by atoms with van der Waals surface area (Å²) in [5.74, 6) is 1.75. The van der Waals surface area contributed by atoms with E-state index in [-0.39, 0.29) is 5.91 Å². The van der Waals surface area contributed by atoms with Crippen LogP contribution in [0.1, 0.15) is 16.2 Å². The summed E-state index contributed by atoms with van der Waals surface area (Å²) in [4.78, 5) is 22.9. The molecule has 3 heterocycles. The first-order valence-corrected chi connectivity index (χ1v) is 8.14. The second-order valence-electron chi connectivity index (χ2n) is 5.90. The summed E-state index contributed by atoms with van der Waals surface area (Å²) in [7, 11) is 1.66. The molecule has 0 fully saturated rings.